The van der Waals surface area contributed by atoms with Crippen LogP contribution in [0.5, 0.6) is 0 Å². The lowest BCUT2D eigenvalue weighted by Gasteiger charge is -2.00. The van der Waals surface area contributed by atoms with Crippen LogP contribution < -0.4 is 5.01 Å². The molecule has 3 aromatic rings. The van der Waals surface area contributed by atoms with Gasteiger partial charge in [-0.3, -0.25) is 0 Å². The molecule has 0 atom stereocenters. The highest BCUT2D eigenvalue weighted by Gasteiger charge is 2.11. The molecule has 1 heterocycles. The van der Waals surface area contributed by atoms with Gasteiger partial charge in [-0.2, -0.15) is 0 Å². The third-order valence-corrected chi connectivity index (χ3v) is 3.89. The normalized spacial score (nSPS) is 11.0. The van der Waals surface area contributed by atoms with Crippen molar-refractivity contribution >= 4 is 37.5 Å². The smallest absolute Gasteiger partial charge is 0.209 e. The lowest BCUT2D eigenvalue weighted by Crippen LogP contribution is -2.05. The molecule has 0 fully saturated rings. The topological polar surface area (TPSA) is 45.6 Å². The van der Waals surface area contributed by atoms with Gasteiger partial charge in [0.1, 0.15) is 5.82 Å². The van der Waals surface area contributed by atoms with E-state index in [1.54, 1.807) is 13.1 Å². The van der Waals surface area contributed by atoms with Crippen LogP contribution in [0.2, 0.25) is 0 Å². The molecular formula is C12H8FN3OS. The second-order valence-electron chi connectivity index (χ2n) is 3.88. The van der Waals surface area contributed by atoms with Crippen LogP contribution in [0.1, 0.15) is 0 Å². The number of aromatic nitrogens is 1. The molecule has 90 valence electrons. The zero-order chi connectivity index (χ0) is 12.7. The van der Waals surface area contributed by atoms with Crippen molar-refractivity contribution in [3.63, 3.8) is 0 Å². The molecule has 0 aliphatic carbocycles. The molecule has 0 saturated carbocycles. The van der Waals surface area contributed by atoms with E-state index in [4.69, 9.17) is 0 Å². The van der Waals surface area contributed by atoms with E-state index in [9.17, 15) is 9.30 Å². The zero-order valence-electron chi connectivity index (χ0n) is 9.42. The van der Waals surface area contributed by atoms with Crippen LogP contribution in [0.4, 0.5) is 9.52 Å². The quantitative estimate of drug-likeness (QED) is 0.522. The fourth-order valence-electron chi connectivity index (χ4n) is 1.85. The fourth-order valence-corrected chi connectivity index (χ4v) is 2.85. The van der Waals surface area contributed by atoms with Gasteiger partial charge in [0.05, 0.1) is 15.5 Å². The number of halogens is 1. The Morgan fingerprint density at radius 2 is 2.17 bits per heavy atom. The first-order chi connectivity index (χ1) is 8.69. The number of nitrogens with zero attached hydrogens (tertiary/aromatic N) is 3. The molecule has 2 aromatic carbocycles. The average Bonchev–Trinajstić information content (AvgIpc) is 2.81. The van der Waals surface area contributed by atoms with Gasteiger partial charge < -0.3 is 0 Å². The van der Waals surface area contributed by atoms with Gasteiger partial charge in [-0.25, -0.2) is 14.4 Å². The van der Waals surface area contributed by atoms with Crippen LogP contribution in [-0.4, -0.2) is 12.0 Å². The Balaban J connectivity index is 2.33. The molecule has 1 aromatic heterocycles. The fraction of sp³-hybridized carbons (Fsp3) is 0.0833. The Morgan fingerprint density at radius 1 is 1.33 bits per heavy atom. The lowest BCUT2D eigenvalue weighted by atomic mass is 10.1. The summed E-state index contributed by atoms with van der Waals surface area (Å²) >= 11 is 1.36. The molecule has 4 nitrogen and oxygen atoms in total. The summed E-state index contributed by atoms with van der Waals surface area (Å²) in [5.41, 5.74) is 0.782. The molecule has 6 heteroatoms. The first-order valence-corrected chi connectivity index (χ1v) is 6.06. The summed E-state index contributed by atoms with van der Waals surface area (Å²) in [5, 5.41) is 6.27. The van der Waals surface area contributed by atoms with Crippen LogP contribution in [0, 0.1) is 10.7 Å². The van der Waals surface area contributed by atoms with E-state index < -0.39 is 0 Å². The third kappa shape index (κ3) is 1.62. The minimum Gasteiger partial charge on any atom is -0.218 e. The highest BCUT2D eigenvalue weighted by atomic mass is 32.1. The van der Waals surface area contributed by atoms with Crippen molar-refractivity contribution in [2.24, 2.45) is 5.29 Å². The predicted octanol–water partition coefficient (Wildman–Crippen LogP) is 3.71. The van der Waals surface area contributed by atoms with Gasteiger partial charge in [0, 0.05) is 12.4 Å². The number of hydrogen-bond acceptors (Lipinski definition) is 4. The Labute approximate surface area is 106 Å². The van der Waals surface area contributed by atoms with Gasteiger partial charge in [0.2, 0.25) is 5.13 Å². The summed E-state index contributed by atoms with van der Waals surface area (Å²) in [6, 6.07) is 8.26. The van der Waals surface area contributed by atoms with Crippen LogP contribution >= 0.6 is 11.3 Å². The highest BCUT2D eigenvalue weighted by molar-refractivity contribution is 7.23. The predicted molar refractivity (Wildman–Crippen MR) is 71.3 cm³/mol. The SMILES string of the molecule is CN(N=O)c1nc2ccc3cc(F)ccc3c2s1. The van der Waals surface area contributed by atoms with E-state index in [0.717, 1.165) is 21.0 Å². The molecule has 0 saturated heterocycles. The van der Waals surface area contributed by atoms with Crippen molar-refractivity contribution in [1.29, 1.82) is 0 Å². The maximum atomic E-state index is 13.1. The summed E-state index contributed by atoms with van der Waals surface area (Å²) in [7, 11) is 1.55. The average molecular weight is 261 g/mol. The Kier molecular flexibility index (Phi) is 2.45. The molecule has 0 amide bonds. The second-order valence-corrected chi connectivity index (χ2v) is 4.86. The van der Waals surface area contributed by atoms with Gasteiger partial charge in [-0.1, -0.05) is 17.4 Å². The van der Waals surface area contributed by atoms with E-state index >= 15 is 0 Å². The van der Waals surface area contributed by atoms with Crippen LogP contribution in [0.3, 0.4) is 0 Å². The number of benzene rings is 2. The molecule has 0 N–H and O–H groups in total. The van der Waals surface area contributed by atoms with Crippen molar-refractivity contribution in [3.05, 3.63) is 41.1 Å². The van der Waals surface area contributed by atoms with Crippen molar-refractivity contribution in [1.82, 2.24) is 4.98 Å². The van der Waals surface area contributed by atoms with Gasteiger partial charge in [0.25, 0.3) is 0 Å². The lowest BCUT2D eigenvalue weighted by molar-refractivity contribution is 0.630. The van der Waals surface area contributed by atoms with E-state index in [1.807, 2.05) is 12.1 Å². The maximum absolute atomic E-state index is 13.1. The monoisotopic (exact) mass is 261 g/mol. The zero-order valence-corrected chi connectivity index (χ0v) is 10.2. The summed E-state index contributed by atoms with van der Waals surface area (Å²) in [4.78, 5) is 14.8. The number of anilines is 1. The molecule has 0 aliphatic heterocycles. The molecule has 0 aliphatic rings. The Bertz CT molecular complexity index is 755. The summed E-state index contributed by atoms with van der Waals surface area (Å²) in [6.07, 6.45) is 0. The highest BCUT2D eigenvalue weighted by Crippen LogP contribution is 2.34. The summed E-state index contributed by atoms with van der Waals surface area (Å²) in [5.74, 6) is -0.265. The first kappa shape index (κ1) is 11.0. The van der Waals surface area contributed by atoms with E-state index in [1.165, 1.54) is 28.5 Å². The molecule has 18 heavy (non-hydrogen) atoms. The van der Waals surface area contributed by atoms with Crippen molar-refractivity contribution in [3.8, 4) is 0 Å². The van der Waals surface area contributed by atoms with Gasteiger partial charge >= 0.3 is 0 Å². The van der Waals surface area contributed by atoms with Gasteiger partial charge in [0.15, 0.2) is 0 Å². The minimum absolute atomic E-state index is 0.265. The number of nitroso groups, excluding NO2 is 1. The van der Waals surface area contributed by atoms with E-state index in [-0.39, 0.29) is 5.82 Å². The maximum Gasteiger partial charge on any atom is 0.209 e. The molecule has 0 unspecified atom stereocenters. The minimum atomic E-state index is -0.265. The molecule has 0 radical (unpaired) electrons. The molecule has 3 rings (SSSR count). The largest absolute Gasteiger partial charge is 0.218 e. The summed E-state index contributed by atoms with van der Waals surface area (Å²) < 4.78 is 14.1. The van der Waals surface area contributed by atoms with Gasteiger partial charge in [-0.15, -0.1) is 4.91 Å². The standard InChI is InChI=1S/C12H8FN3OS/c1-16(15-17)12-14-10-5-2-7-6-8(13)3-4-9(7)11(10)18-12/h2-6H,1H3. The molecule has 0 spiro atoms. The first-order valence-electron chi connectivity index (χ1n) is 5.25. The molecule has 0 bridgehead atoms. The third-order valence-electron chi connectivity index (χ3n) is 2.72. The van der Waals surface area contributed by atoms with Crippen LogP contribution in [0.25, 0.3) is 21.0 Å². The van der Waals surface area contributed by atoms with Crippen molar-refractivity contribution < 1.29 is 4.39 Å². The number of fused-ring (bicyclic) bond motifs is 3. The van der Waals surface area contributed by atoms with E-state index in [2.05, 4.69) is 10.3 Å². The second kappa shape index (κ2) is 3.99. The van der Waals surface area contributed by atoms with Crippen LogP contribution in [0.15, 0.2) is 35.6 Å². The molecular weight excluding hydrogens is 253 g/mol. The Morgan fingerprint density at radius 3 is 2.94 bits per heavy atom. The number of hydrogen-bond donors (Lipinski definition) is 0. The van der Waals surface area contributed by atoms with Crippen LogP contribution in [-0.2, 0) is 0 Å². The number of thiazole rings is 1. The number of rotatable bonds is 2. The van der Waals surface area contributed by atoms with Gasteiger partial charge in [-0.05, 0) is 29.7 Å². The van der Waals surface area contributed by atoms with E-state index in [0.29, 0.717) is 5.13 Å². The van der Waals surface area contributed by atoms with Crippen molar-refractivity contribution in [2.45, 2.75) is 0 Å². The summed E-state index contributed by atoms with van der Waals surface area (Å²) in [6.45, 7) is 0. The van der Waals surface area contributed by atoms with Crippen molar-refractivity contribution in [2.75, 3.05) is 12.1 Å². The Hall–Kier alpha value is -2.08.